The highest BCUT2D eigenvalue weighted by Gasteiger charge is 2.18. The van der Waals surface area contributed by atoms with Crippen LogP contribution in [0.3, 0.4) is 0 Å². The van der Waals surface area contributed by atoms with Gasteiger partial charge in [0, 0.05) is 13.5 Å². The van der Waals surface area contributed by atoms with Crippen LogP contribution in [-0.4, -0.2) is 33.1 Å². The second-order valence-corrected chi connectivity index (χ2v) is 3.63. The van der Waals surface area contributed by atoms with Crippen LogP contribution in [0, 0.1) is 0 Å². The zero-order valence-electron chi connectivity index (χ0n) is 10.6. The molecule has 5 nitrogen and oxygen atoms in total. The van der Waals surface area contributed by atoms with Crippen LogP contribution in [0.4, 0.5) is 9.18 Å². The fourth-order valence-electron chi connectivity index (χ4n) is 1.45. The summed E-state index contributed by atoms with van der Waals surface area (Å²) in [4.78, 5) is 11.3. The van der Waals surface area contributed by atoms with Gasteiger partial charge in [-0.2, -0.15) is 0 Å². The molecule has 0 radical (unpaired) electrons. The molecule has 6 heteroatoms. The summed E-state index contributed by atoms with van der Waals surface area (Å²) in [6, 6.07) is 3.17. The Labute approximate surface area is 105 Å². The second-order valence-electron chi connectivity index (χ2n) is 3.63. The van der Waals surface area contributed by atoms with Gasteiger partial charge in [0.25, 0.3) is 0 Å². The first-order valence-electron chi connectivity index (χ1n) is 5.78. The highest BCUT2D eigenvalue weighted by atomic mass is 19.1. The molecule has 0 fully saturated rings. The summed E-state index contributed by atoms with van der Waals surface area (Å²) < 4.78 is 27.0. The molecule has 0 aliphatic carbocycles. The van der Waals surface area contributed by atoms with Crippen molar-refractivity contribution in [3.63, 3.8) is 0 Å². The smallest absolute Gasteiger partial charge is 0.407 e. The molecule has 1 aromatic rings. The molecule has 0 aliphatic rings. The number of rotatable bonds is 7. The van der Waals surface area contributed by atoms with E-state index in [1.807, 2.05) is 13.0 Å². The Morgan fingerprint density at radius 3 is 2.89 bits per heavy atom. The minimum absolute atomic E-state index is 0.251. The highest BCUT2D eigenvalue weighted by molar-refractivity contribution is 5.67. The first kappa shape index (κ1) is 14.5. The van der Waals surface area contributed by atoms with Crippen molar-refractivity contribution in [2.24, 2.45) is 0 Å². The molecule has 0 saturated heterocycles. The molecule has 102 valence electrons. The Hall–Kier alpha value is -1.56. The molecule has 1 atom stereocenters. The summed E-state index contributed by atoms with van der Waals surface area (Å²) in [6.45, 7) is 1.26. The summed E-state index contributed by atoms with van der Waals surface area (Å²) in [7, 11) is 1.52. The number of amides is 1. The van der Waals surface area contributed by atoms with E-state index in [1.54, 1.807) is 6.07 Å². The Morgan fingerprint density at radius 1 is 1.56 bits per heavy atom. The lowest BCUT2D eigenvalue weighted by Crippen LogP contribution is -2.32. The molecular weight excluding hydrogens is 241 g/mol. The van der Waals surface area contributed by atoms with E-state index in [-0.39, 0.29) is 13.2 Å². The van der Waals surface area contributed by atoms with Gasteiger partial charge in [0.2, 0.25) is 0 Å². The van der Waals surface area contributed by atoms with Crippen molar-refractivity contribution >= 4 is 6.09 Å². The monoisotopic (exact) mass is 259 g/mol. The van der Waals surface area contributed by atoms with E-state index in [4.69, 9.17) is 9.15 Å². The number of alkyl halides is 1. The zero-order chi connectivity index (χ0) is 13.4. The molecule has 0 aliphatic heterocycles. The maximum Gasteiger partial charge on any atom is 0.407 e. The quantitative estimate of drug-likeness (QED) is 0.815. The van der Waals surface area contributed by atoms with E-state index in [2.05, 4.69) is 10.1 Å². The van der Waals surface area contributed by atoms with Crippen molar-refractivity contribution in [3.05, 3.63) is 23.7 Å². The number of halogens is 1. The van der Waals surface area contributed by atoms with Gasteiger partial charge in [-0.3, -0.25) is 0 Å². The molecule has 0 spiro atoms. The first-order chi connectivity index (χ1) is 8.71. The van der Waals surface area contributed by atoms with Crippen LogP contribution in [0.1, 0.15) is 24.5 Å². The van der Waals surface area contributed by atoms with E-state index >= 15 is 0 Å². The van der Waals surface area contributed by atoms with Gasteiger partial charge < -0.3 is 19.2 Å². The Kier molecular flexibility index (Phi) is 6.21. The fourth-order valence-corrected chi connectivity index (χ4v) is 1.45. The van der Waals surface area contributed by atoms with Crippen molar-refractivity contribution in [2.75, 3.05) is 27.0 Å². The lowest BCUT2D eigenvalue weighted by atomic mass is 10.2. The van der Waals surface area contributed by atoms with Crippen molar-refractivity contribution in [3.8, 4) is 0 Å². The second kappa shape index (κ2) is 7.71. The minimum atomic E-state index is -0.705. The molecule has 0 saturated carbocycles. The van der Waals surface area contributed by atoms with E-state index in [9.17, 15) is 9.18 Å². The molecule has 0 aromatic carbocycles. The van der Waals surface area contributed by atoms with Gasteiger partial charge in [0.15, 0.2) is 0 Å². The number of carbonyl (C=O) groups excluding carboxylic acids is 1. The molecule has 1 N–H and O–H groups in total. The number of ether oxygens (including phenoxy) is 2. The number of hydrogen-bond acceptors (Lipinski definition) is 4. The van der Waals surface area contributed by atoms with Crippen LogP contribution < -0.4 is 5.32 Å². The normalized spacial score (nSPS) is 12.2. The van der Waals surface area contributed by atoms with E-state index < -0.39 is 18.8 Å². The van der Waals surface area contributed by atoms with Gasteiger partial charge in [0.1, 0.15) is 30.8 Å². The molecular formula is C12H18FNO4. The van der Waals surface area contributed by atoms with Crippen molar-refractivity contribution in [2.45, 2.75) is 19.4 Å². The number of alkyl carbamates (subject to hydrolysis) is 1. The van der Waals surface area contributed by atoms with E-state index in [1.165, 1.54) is 7.11 Å². The number of hydrogen-bond donors (Lipinski definition) is 1. The van der Waals surface area contributed by atoms with Gasteiger partial charge >= 0.3 is 6.09 Å². The number of nitrogens with one attached hydrogen (secondary N) is 1. The Morgan fingerprint density at radius 2 is 2.33 bits per heavy atom. The summed E-state index contributed by atoms with van der Waals surface area (Å²) in [5.41, 5.74) is 0. The Balaban J connectivity index is 2.61. The molecule has 1 rings (SSSR count). The first-order valence-corrected chi connectivity index (χ1v) is 5.78. The summed E-state index contributed by atoms with van der Waals surface area (Å²) in [6.07, 6.45) is 0.0792. The van der Waals surface area contributed by atoms with Crippen LogP contribution in [0.2, 0.25) is 0 Å². The van der Waals surface area contributed by atoms with Crippen LogP contribution in [-0.2, 0) is 15.9 Å². The predicted molar refractivity (Wildman–Crippen MR) is 63.2 cm³/mol. The van der Waals surface area contributed by atoms with Crippen molar-refractivity contribution < 1.29 is 23.1 Å². The van der Waals surface area contributed by atoms with Crippen molar-refractivity contribution in [1.82, 2.24) is 5.32 Å². The maximum atomic E-state index is 11.9. The lowest BCUT2D eigenvalue weighted by Gasteiger charge is -2.15. The SMILES string of the molecule is CCc1ccc(C(COC)NC(=O)OCCF)o1. The molecule has 1 aromatic heterocycles. The standard InChI is InChI=1S/C12H18FNO4/c1-3-9-4-5-11(18-9)10(8-16-2)14-12(15)17-7-6-13/h4-5,10H,3,6-8H2,1-2H3,(H,14,15). The number of furan rings is 1. The average Bonchev–Trinajstić information content (AvgIpc) is 2.84. The third-order valence-electron chi connectivity index (χ3n) is 2.31. The largest absolute Gasteiger partial charge is 0.464 e. The molecule has 0 bridgehead atoms. The molecule has 1 unspecified atom stereocenters. The maximum absolute atomic E-state index is 11.9. The summed E-state index contributed by atoms with van der Waals surface area (Å²) >= 11 is 0. The van der Waals surface area contributed by atoms with Gasteiger partial charge in [0.05, 0.1) is 6.61 Å². The number of carbonyl (C=O) groups is 1. The van der Waals surface area contributed by atoms with Crippen LogP contribution in [0.15, 0.2) is 16.5 Å². The summed E-state index contributed by atoms with van der Waals surface area (Å²) in [5.74, 6) is 1.41. The zero-order valence-corrected chi connectivity index (χ0v) is 10.6. The van der Waals surface area contributed by atoms with Gasteiger partial charge in [-0.25, -0.2) is 9.18 Å². The van der Waals surface area contributed by atoms with E-state index in [0.717, 1.165) is 12.2 Å². The third-order valence-corrected chi connectivity index (χ3v) is 2.31. The average molecular weight is 259 g/mol. The number of methoxy groups -OCH3 is 1. The van der Waals surface area contributed by atoms with Gasteiger partial charge in [-0.1, -0.05) is 6.92 Å². The van der Waals surface area contributed by atoms with Crippen molar-refractivity contribution in [1.29, 1.82) is 0 Å². The van der Waals surface area contributed by atoms with Crippen LogP contribution in [0.5, 0.6) is 0 Å². The van der Waals surface area contributed by atoms with Crippen LogP contribution in [0.25, 0.3) is 0 Å². The molecule has 18 heavy (non-hydrogen) atoms. The molecule has 1 heterocycles. The minimum Gasteiger partial charge on any atom is -0.464 e. The lowest BCUT2D eigenvalue weighted by molar-refractivity contribution is 0.115. The fraction of sp³-hybridized carbons (Fsp3) is 0.583. The van der Waals surface area contributed by atoms with E-state index in [0.29, 0.717) is 5.76 Å². The molecule has 1 amide bonds. The Bertz CT molecular complexity index is 367. The van der Waals surface area contributed by atoms with Crippen LogP contribution >= 0.6 is 0 Å². The van der Waals surface area contributed by atoms with Gasteiger partial charge in [-0.15, -0.1) is 0 Å². The topological polar surface area (TPSA) is 60.7 Å². The summed E-state index contributed by atoms with van der Waals surface area (Å²) in [5, 5.41) is 2.56. The predicted octanol–water partition coefficient (Wildman–Crippen LogP) is 2.23. The van der Waals surface area contributed by atoms with Gasteiger partial charge in [-0.05, 0) is 12.1 Å². The number of aryl methyl sites for hydroxylation is 1. The third kappa shape index (κ3) is 4.37. The highest BCUT2D eigenvalue weighted by Crippen LogP contribution is 2.17.